The topological polar surface area (TPSA) is 81.8 Å². The Balaban J connectivity index is 1.98. The maximum atomic E-state index is 11.9. The van der Waals surface area contributed by atoms with Gasteiger partial charge in [0.05, 0.1) is 13.2 Å². The Labute approximate surface area is 129 Å². The Morgan fingerprint density at radius 1 is 1.36 bits per heavy atom. The van der Waals surface area contributed by atoms with Crippen molar-refractivity contribution < 1.29 is 23.8 Å². The minimum Gasteiger partial charge on any atom is -0.491 e. The normalized spacial score (nSPS) is 15.5. The van der Waals surface area contributed by atoms with Crippen molar-refractivity contribution in [3.63, 3.8) is 0 Å². The summed E-state index contributed by atoms with van der Waals surface area (Å²) in [5.74, 6) is 0.159. The molecule has 0 amide bonds. The Bertz CT molecular complexity index is 505. The molecule has 2 rings (SSSR count). The van der Waals surface area contributed by atoms with Crippen LogP contribution in [0.5, 0.6) is 5.75 Å². The minimum atomic E-state index is -1.01. The van der Waals surface area contributed by atoms with E-state index >= 15 is 0 Å². The van der Waals surface area contributed by atoms with Crippen molar-refractivity contribution in [2.45, 2.75) is 31.2 Å². The lowest BCUT2D eigenvalue weighted by molar-refractivity contribution is -0.138. The largest absolute Gasteiger partial charge is 0.491 e. The molecule has 6 heteroatoms. The van der Waals surface area contributed by atoms with Crippen LogP contribution in [0, 0.1) is 0 Å². The Hall–Kier alpha value is -1.66. The molecule has 1 unspecified atom stereocenters. The number of halogens is 1. The molecular formula is C16H22FNO4. The third-order valence-corrected chi connectivity index (χ3v) is 3.61. The highest BCUT2D eigenvalue weighted by atomic mass is 19.1. The van der Waals surface area contributed by atoms with Crippen molar-refractivity contribution in [2.75, 3.05) is 26.5 Å². The van der Waals surface area contributed by atoms with Gasteiger partial charge in [-0.3, -0.25) is 4.79 Å². The van der Waals surface area contributed by atoms with E-state index in [4.69, 9.17) is 20.3 Å². The summed E-state index contributed by atoms with van der Waals surface area (Å²) in [6.45, 7) is 0.210. The van der Waals surface area contributed by atoms with Crippen LogP contribution in [0.2, 0.25) is 0 Å². The molecule has 122 valence electrons. The van der Waals surface area contributed by atoms with Crippen LogP contribution in [0.15, 0.2) is 18.2 Å². The van der Waals surface area contributed by atoms with Crippen LogP contribution in [0.3, 0.4) is 0 Å². The van der Waals surface area contributed by atoms with Gasteiger partial charge in [0, 0.05) is 0 Å². The molecule has 3 N–H and O–H groups in total. The number of nitrogens with two attached hydrogens (primary N) is 1. The van der Waals surface area contributed by atoms with Crippen LogP contribution in [-0.2, 0) is 16.0 Å². The van der Waals surface area contributed by atoms with Gasteiger partial charge in [-0.25, -0.2) is 4.39 Å². The molecule has 0 heterocycles. The summed E-state index contributed by atoms with van der Waals surface area (Å²) in [6, 6.07) is 4.80. The number of aliphatic carboxylic acids is 1. The fourth-order valence-corrected chi connectivity index (χ4v) is 2.34. The summed E-state index contributed by atoms with van der Waals surface area (Å²) in [7, 11) is 0. The van der Waals surface area contributed by atoms with Crippen molar-refractivity contribution in [3.05, 3.63) is 29.3 Å². The van der Waals surface area contributed by atoms with E-state index in [0.717, 1.165) is 24.0 Å². The first kappa shape index (κ1) is 16.7. The summed E-state index contributed by atoms with van der Waals surface area (Å²) in [5.41, 5.74) is 7.74. The van der Waals surface area contributed by atoms with Gasteiger partial charge in [0.15, 0.2) is 0 Å². The van der Waals surface area contributed by atoms with Gasteiger partial charge in [-0.05, 0) is 48.4 Å². The van der Waals surface area contributed by atoms with Gasteiger partial charge in [0.2, 0.25) is 0 Å². The van der Waals surface area contributed by atoms with Crippen LogP contribution in [0.4, 0.5) is 4.39 Å². The third-order valence-electron chi connectivity index (χ3n) is 3.61. The number of hydrogen-bond donors (Lipinski definition) is 2. The van der Waals surface area contributed by atoms with E-state index in [1.807, 2.05) is 18.2 Å². The average Bonchev–Trinajstić information content (AvgIpc) is 3.32. The number of carboxylic acid groups (broad SMARTS) is 1. The van der Waals surface area contributed by atoms with Crippen LogP contribution < -0.4 is 10.5 Å². The van der Waals surface area contributed by atoms with Gasteiger partial charge < -0.3 is 20.3 Å². The molecule has 0 bridgehead atoms. The van der Waals surface area contributed by atoms with Gasteiger partial charge in [-0.15, -0.1) is 0 Å². The number of carbonyl (C=O) groups is 1. The lowest BCUT2D eigenvalue weighted by Gasteiger charge is -2.14. The predicted molar refractivity (Wildman–Crippen MR) is 80.0 cm³/mol. The van der Waals surface area contributed by atoms with E-state index in [1.54, 1.807) is 0 Å². The zero-order chi connectivity index (χ0) is 15.9. The second kappa shape index (κ2) is 8.10. The number of carboxylic acids is 1. The maximum absolute atomic E-state index is 11.9. The number of rotatable bonds is 10. The molecule has 1 aromatic rings. The highest BCUT2D eigenvalue weighted by Crippen LogP contribution is 2.42. The van der Waals surface area contributed by atoms with Crippen molar-refractivity contribution >= 4 is 5.97 Å². The maximum Gasteiger partial charge on any atom is 0.320 e. The van der Waals surface area contributed by atoms with Crippen molar-refractivity contribution in [3.8, 4) is 5.75 Å². The fraction of sp³-hybridized carbons (Fsp3) is 0.562. The molecular weight excluding hydrogens is 289 g/mol. The molecule has 1 aromatic carbocycles. The Morgan fingerprint density at radius 3 is 2.77 bits per heavy atom. The van der Waals surface area contributed by atoms with Crippen LogP contribution in [0.1, 0.15) is 29.9 Å². The summed E-state index contributed by atoms with van der Waals surface area (Å²) < 4.78 is 22.4. The molecule has 0 aliphatic heterocycles. The number of ether oxygens (including phenoxy) is 2. The zero-order valence-corrected chi connectivity index (χ0v) is 12.5. The first-order chi connectivity index (χ1) is 10.6. The van der Waals surface area contributed by atoms with Crippen molar-refractivity contribution in [2.24, 2.45) is 5.73 Å². The van der Waals surface area contributed by atoms with E-state index < -0.39 is 18.7 Å². The molecule has 1 atom stereocenters. The van der Waals surface area contributed by atoms with E-state index in [0.29, 0.717) is 24.9 Å². The smallest absolute Gasteiger partial charge is 0.320 e. The predicted octanol–water partition coefficient (Wildman–Crippen LogP) is 1.88. The van der Waals surface area contributed by atoms with Gasteiger partial charge >= 0.3 is 5.97 Å². The molecule has 5 nitrogen and oxygen atoms in total. The Morgan fingerprint density at radius 2 is 2.14 bits per heavy atom. The second-order valence-electron chi connectivity index (χ2n) is 5.43. The minimum absolute atomic E-state index is 0.0721. The molecule has 1 aliphatic rings. The highest BCUT2D eigenvalue weighted by Gasteiger charge is 2.27. The molecule has 1 saturated carbocycles. The molecule has 1 fully saturated rings. The lowest BCUT2D eigenvalue weighted by atomic mass is 9.97. The van der Waals surface area contributed by atoms with Crippen LogP contribution >= 0.6 is 0 Å². The summed E-state index contributed by atoms with van der Waals surface area (Å²) in [6.07, 6.45) is 2.55. The molecule has 0 saturated heterocycles. The van der Waals surface area contributed by atoms with Crippen LogP contribution in [0.25, 0.3) is 0 Å². The van der Waals surface area contributed by atoms with Gasteiger partial charge in [-0.2, -0.15) is 0 Å². The molecule has 1 aliphatic carbocycles. The van der Waals surface area contributed by atoms with E-state index in [1.165, 1.54) is 0 Å². The van der Waals surface area contributed by atoms with E-state index in [-0.39, 0.29) is 13.0 Å². The summed E-state index contributed by atoms with van der Waals surface area (Å²) in [5, 5.41) is 8.98. The quantitative estimate of drug-likeness (QED) is 0.645. The van der Waals surface area contributed by atoms with E-state index in [9.17, 15) is 9.18 Å². The average molecular weight is 311 g/mol. The van der Waals surface area contributed by atoms with Gasteiger partial charge in [0.25, 0.3) is 0 Å². The number of hydrogen-bond acceptors (Lipinski definition) is 4. The molecule has 0 spiro atoms. The fourth-order valence-electron chi connectivity index (χ4n) is 2.34. The Kier molecular flexibility index (Phi) is 6.15. The zero-order valence-electron chi connectivity index (χ0n) is 12.5. The van der Waals surface area contributed by atoms with Crippen LogP contribution in [-0.4, -0.2) is 43.6 Å². The monoisotopic (exact) mass is 311 g/mol. The first-order valence-electron chi connectivity index (χ1n) is 7.49. The summed E-state index contributed by atoms with van der Waals surface area (Å²) in [4.78, 5) is 11.0. The third kappa shape index (κ3) is 4.96. The summed E-state index contributed by atoms with van der Waals surface area (Å²) >= 11 is 0. The highest BCUT2D eigenvalue weighted by molar-refractivity contribution is 5.73. The number of benzene rings is 1. The van der Waals surface area contributed by atoms with Crippen molar-refractivity contribution in [1.82, 2.24) is 0 Å². The first-order valence-corrected chi connectivity index (χ1v) is 7.49. The SMILES string of the molecule is NC(Cc1cc(OCCOCCF)ccc1C1CC1)C(=O)O. The standard InChI is InChI=1S/C16H22FNO4/c17-5-6-21-7-8-22-13-3-4-14(11-1-2-11)12(9-13)10-15(18)16(19)20/h3-4,9,11,15H,1-2,5-8,10,18H2,(H,19,20). The van der Waals surface area contributed by atoms with Crippen molar-refractivity contribution in [1.29, 1.82) is 0 Å². The van der Waals surface area contributed by atoms with Gasteiger partial charge in [-0.1, -0.05) is 6.07 Å². The number of alkyl halides is 1. The van der Waals surface area contributed by atoms with Gasteiger partial charge in [0.1, 0.15) is 25.1 Å². The molecule has 0 aromatic heterocycles. The lowest BCUT2D eigenvalue weighted by Crippen LogP contribution is -2.32. The van der Waals surface area contributed by atoms with E-state index in [2.05, 4.69) is 0 Å². The second-order valence-corrected chi connectivity index (χ2v) is 5.43. The molecule has 22 heavy (non-hydrogen) atoms. The molecule has 0 radical (unpaired) electrons.